The van der Waals surface area contributed by atoms with E-state index >= 15 is 0 Å². The van der Waals surface area contributed by atoms with Gasteiger partial charge in [-0.25, -0.2) is 4.99 Å². The zero-order valence-corrected chi connectivity index (χ0v) is 15.7. The SMILES string of the molecule is Cc1cc(C2=NC(C)(C(C)(C)C)Oc3c(C)cccc32)cnc1C. The number of ether oxygens (including phenoxy) is 1. The average Bonchev–Trinajstić information content (AvgIpc) is 2.49. The molecule has 1 unspecified atom stereocenters. The molecule has 3 heteroatoms. The third-order valence-corrected chi connectivity index (χ3v) is 5.10. The molecule has 0 fully saturated rings. The van der Waals surface area contributed by atoms with Crippen LogP contribution in [0.4, 0.5) is 0 Å². The lowest BCUT2D eigenvalue weighted by Gasteiger charge is -2.42. The number of aromatic nitrogens is 1. The summed E-state index contributed by atoms with van der Waals surface area (Å²) in [5.41, 5.74) is 5.65. The van der Waals surface area contributed by atoms with E-state index in [2.05, 4.69) is 70.8 Å². The van der Waals surface area contributed by atoms with Gasteiger partial charge >= 0.3 is 0 Å². The first-order chi connectivity index (χ1) is 11.1. The molecule has 0 spiro atoms. The van der Waals surface area contributed by atoms with E-state index < -0.39 is 5.72 Å². The molecule has 24 heavy (non-hydrogen) atoms. The number of para-hydroxylation sites is 1. The monoisotopic (exact) mass is 322 g/mol. The summed E-state index contributed by atoms with van der Waals surface area (Å²) in [5, 5.41) is 0. The Bertz CT molecular complexity index is 830. The fraction of sp³-hybridized carbons (Fsp3) is 0.429. The number of hydrogen-bond acceptors (Lipinski definition) is 3. The van der Waals surface area contributed by atoms with Crippen LogP contribution < -0.4 is 4.74 Å². The van der Waals surface area contributed by atoms with Crippen molar-refractivity contribution < 1.29 is 4.74 Å². The molecule has 2 heterocycles. The number of benzene rings is 1. The van der Waals surface area contributed by atoms with E-state index in [0.29, 0.717) is 0 Å². The quantitative estimate of drug-likeness (QED) is 0.740. The second-order valence-electron chi connectivity index (χ2n) is 7.87. The Hall–Kier alpha value is -2.16. The number of pyridine rings is 1. The molecule has 0 saturated heterocycles. The molecule has 1 aliphatic heterocycles. The van der Waals surface area contributed by atoms with E-state index in [1.54, 1.807) is 0 Å². The lowest BCUT2D eigenvalue weighted by Crippen LogP contribution is -2.47. The molecule has 0 amide bonds. The second kappa shape index (κ2) is 5.44. The van der Waals surface area contributed by atoms with Gasteiger partial charge < -0.3 is 4.74 Å². The van der Waals surface area contributed by atoms with Gasteiger partial charge in [0.1, 0.15) is 5.75 Å². The van der Waals surface area contributed by atoms with Crippen molar-refractivity contribution in [2.75, 3.05) is 0 Å². The van der Waals surface area contributed by atoms with Crippen LogP contribution in [0.25, 0.3) is 0 Å². The molecule has 0 N–H and O–H groups in total. The molecular weight excluding hydrogens is 296 g/mol. The van der Waals surface area contributed by atoms with E-state index in [-0.39, 0.29) is 5.41 Å². The van der Waals surface area contributed by atoms with Gasteiger partial charge in [0.05, 0.1) is 5.71 Å². The smallest absolute Gasteiger partial charge is 0.202 e. The summed E-state index contributed by atoms with van der Waals surface area (Å²) in [6.07, 6.45) is 1.92. The Labute approximate surface area is 144 Å². The van der Waals surface area contributed by atoms with Crippen molar-refractivity contribution in [1.82, 2.24) is 4.98 Å². The summed E-state index contributed by atoms with van der Waals surface area (Å²) in [6.45, 7) is 14.8. The zero-order chi connectivity index (χ0) is 17.7. The fourth-order valence-electron chi connectivity index (χ4n) is 2.78. The van der Waals surface area contributed by atoms with Crippen molar-refractivity contribution in [3.8, 4) is 5.75 Å². The van der Waals surface area contributed by atoms with Crippen molar-refractivity contribution >= 4 is 5.71 Å². The predicted octanol–water partition coefficient (Wildman–Crippen LogP) is 5.00. The molecule has 0 radical (unpaired) electrons. The third kappa shape index (κ3) is 2.62. The van der Waals surface area contributed by atoms with Gasteiger partial charge in [-0.05, 0) is 51.0 Å². The van der Waals surface area contributed by atoms with Gasteiger partial charge in [0, 0.05) is 28.4 Å². The Morgan fingerprint density at radius 2 is 1.75 bits per heavy atom. The van der Waals surface area contributed by atoms with Crippen molar-refractivity contribution in [2.24, 2.45) is 10.4 Å². The fourth-order valence-corrected chi connectivity index (χ4v) is 2.78. The molecule has 1 aromatic carbocycles. The van der Waals surface area contributed by atoms with E-state index in [9.17, 15) is 0 Å². The molecule has 126 valence electrons. The summed E-state index contributed by atoms with van der Waals surface area (Å²) < 4.78 is 6.41. The highest BCUT2D eigenvalue weighted by molar-refractivity contribution is 6.15. The van der Waals surface area contributed by atoms with Gasteiger partial charge in [0.25, 0.3) is 0 Å². The zero-order valence-electron chi connectivity index (χ0n) is 15.7. The highest BCUT2D eigenvalue weighted by Gasteiger charge is 2.43. The van der Waals surface area contributed by atoms with Gasteiger partial charge in [-0.3, -0.25) is 4.98 Å². The predicted molar refractivity (Wildman–Crippen MR) is 99.0 cm³/mol. The molecule has 1 atom stereocenters. The van der Waals surface area contributed by atoms with Gasteiger partial charge in [-0.2, -0.15) is 0 Å². The number of hydrogen-bond donors (Lipinski definition) is 0. The Morgan fingerprint density at radius 3 is 2.38 bits per heavy atom. The highest BCUT2D eigenvalue weighted by Crippen LogP contribution is 2.43. The van der Waals surface area contributed by atoms with Crippen molar-refractivity contribution in [1.29, 1.82) is 0 Å². The van der Waals surface area contributed by atoms with Gasteiger partial charge in [-0.1, -0.05) is 32.9 Å². The summed E-state index contributed by atoms with van der Waals surface area (Å²) in [7, 11) is 0. The minimum atomic E-state index is -0.625. The molecule has 1 aliphatic rings. The molecule has 0 saturated carbocycles. The molecule has 1 aromatic heterocycles. The topological polar surface area (TPSA) is 34.5 Å². The van der Waals surface area contributed by atoms with Crippen LogP contribution in [0.15, 0.2) is 35.5 Å². The minimum Gasteiger partial charge on any atom is -0.465 e. The van der Waals surface area contributed by atoms with Crippen molar-refractivity contribution in [3.63, 3.8) is 0 Å². The van der Waals surface area contributed by atoms with Crippen LogP contribution in [-0.2, 0) is 0 Å². The molecule has 2 aromatic rings. The van der Waals surface area contributed by atoms with Crippen LogP contribution in [-0.4, -0.2) is 16.4 Å². The van der Waals surface area contributed by atoms with E-state index in [1.807, 2.05) is 13.1 Å². The average molecular weight is 322 g/mol. The molecule has 0 aliphatic carbocycles. The molecule has 3 rings (SSSR count). The van der Waals surface area contributed by atoms with Crippen molar-refractivity contribution in [2.45, 2.75) is 54.2 Å². The number of nitrogens with zero attached hydrogens (tertiary/aromatic N) is 2. The molecular formula is C21H26N2O. The van der Waals surface area contributed by atoms with E-state index in [4.69, 9.17) is 9.73 Å². The van der Waals surface area contributed by atoms with Gasteiger partial charge in [-0.15, -0.1) is 0 Å². The number of aliphatic imine (C=N–C) groups is 1. The largest absolute Gasteiger partial charge is 0.465 e. The van der Waals surface area contributed by atoms with E-state index in [1.165, 1.54) is 5.56 Å². The summed E-state index contributed by atoms with van der Waals surface area (Å²) in [5.74, 6) is 0.929. The first kappa shape index (κ1) is 16.7. The maximum absolute atomic E-state index is 6.41. The minimum absolute atomic E-state index is 0.134. The highest BCUT2D eigenvalue weighted by atomic mass is 16.5. The first-order valence-electron chi connectivity index (χ1n) is 8.45. The van der Waals surface area contributed by atoms with Crippen LogP contribution >= 0.6 is 0 Å². The standard InChI is InChI=1S/C21H26N2O/c1-13-9-8-10-17-18(16-11-14(2)15(3)22-12-16)23-21(7,20(4,5)6)24-19(13)17/h8-12H,1-7H3. The van der Waals surface area contributed by atoms with Crippen molar-refractivity contribution in [3.05, 3.63) is 58.4 Å². The van der Waals surface area contributed by atoms with Crippen LogP contribution in [0.5, 0.6) is 5.75 Å². The summed E-state index contributed by atoms with van der Waals surface area (Å²) in [6, 6.07) is 8.39. The Kier molecular flexibility index (Phi) is 3.78. The Morgan fingerprint density at radius 1 is 1.04 bits per heavy atom. The summed E-state index contributed by atoms with van der Waals surface area (Å²) >= 11 is 0. The lowest BCUT2D eigenvalue weighted by molar-refractivity contribution is -0.0118. The first-order valence-corrected chi connectivity index (χ1v) is 8.45. The molecule has 0 bridgehead atoms. The number of fused-ring (bicyclic) bond motifs is 1. The maximum Gasteiger partial charge on any atom is 0.202 e. The van der Waals surface area contributed by atoms with E-state index in [0.717, 1.165) is 33.8 Å². The lowest BCUT2D eigenvalue weighted by atomic mass is 9.82. The normalized spacial score (nSPS) is 20.2. The number of aryl methyl sites for hydroxylation is 3. The van der Waals surface area contributed by atoms with Crippen LogP contribution in [0, 0.1) is 26.2 Å². The number of rotatable bonds is 1. The van der Waals surface area contributed by atoms with Gasteiger partial charge in [0.2, 0.25) is 5.72 Å². The van der Waals surface area contributed by atoms with Crippen LogP contribution in [0.2, 0.25) is 0 Å². The van der Waals surface area contributed by atoms with Crippen LogP contribution in [0.1, 0.15) is 55.6 Å². The molecule has 3 nitrogen and oxygen atoms in total. The van der Waals surface area contributed by atoms with Gasteiger partial charge in [0.15, 0.2) is 0 Å². The summed E-state index contributed by atoms with van der Waals surface area (Å²) in [4.78, 5) is 9.60. The maximum atomic E-state index is 6.41. The third-order valence-electron chi connectivity index (χ3n) is 5.10. The Balaban J connectivity index is 2.27. The second-order valence-corrected chi connectivity index (χ2v) is 7.87. The van der Waals surface area contributed by atoms with Crippen LogP contribution in [0.3, 0.4) is 0 Å².